The van der Waals surface area contributed by atoms with Crippen LogP contribution in [0.1, 0.15) is 26.3 Å². The van der Waals surface area contributed by atoms with Crippen LogP contribution in [0.15, 0.2) is 16.6 Å². The van der Waals surface area contributed by atoms with Crippen LogP contribution in [0.25, 0.3) is 0 Å². The van der Waals surface area contributed by atoms with Gasteiger partial charge in [-0.05, 0) is 46.5 Å². The molecule has 1 aromatic carbocycles. The molecule has 1 unspecified atom stereocenters. The molecular formula is C13H19BrN2O. The Morgan fingerprint density at radius 1 is 1.35 bits per heavy atom. The van der Waals surface area contributed by atoms with Crippen LogP contribution in [-0.2, 0) is 4.79 Å². The fourth-order valence-electron chi connectivity index (χ4n) is 1.44. The van der Waals surface area contributed by atoms with E-state index in [2.05, 4.69) is 21.2 Å². The van der Waals surface area contributed by atoms with Gasteiger partial charge >= 0.3 is 0 Å². The molecule has 1 atom stereocenters. The van der Waals surface area contributed by atoms with Crippen molar-refractivity contribution >= 4 is 33.2 Å². The lowest BCUT2D eigenvalue weighted by Crippen LogP contribution is -2.25. The van der Waals surface area contributed by atoms with E-state index in [0.29, 0.717) is 17.3 Å². The number of hydrogen-bond acceptors (Lipinski definition) is 2. The van der Waals surface area contributed by atoms with Gasteiger partial charge in [-0.1, -0.05) is 20.8 Å². The van der Waals surface area contributed by atoms with Gasteiger partial charge in [-0.3, -0.25) is 4.79 Å². The molecule has 1 aromatic rings. The van der Waals surface area contributed by atoms with Crippen LogP contribution in [0.2, 0.25) is 0 Å². The first kappa shape index (κ1) is 14.0. The Kier molecular flexibility index (Phi) is 4.57. The van der Waals surface area contributed by atoms with E-state index in [1.165, 1.54) is 0 Å². The van der Waals surface area contributed by atoms with Crippen molar-refractivity contribution in [2.24, 2.45) is 11.8 Å². The molecule has 94 valence electrons. The molecule has 1 rings (SSSR count). The Labute approximate surface area is 111 Å². The molecule has 0 radical (unpaired) electrons. The molecule has 0 bridgehead atoms. The van der Waals surface area contributed by atoms with Crippen molar-refractivity contribution in [3.8, 4) is 0 Å². The van der Waals surface area contributed by atoms with E-state index < -0.39 is 0 Å². The number of carbonyl (C=O) groups is 1. The normalized spacial score (nSPS) is 12.6. The summed E-state index contributed by atoms with van der Waals surface area (Å²) in [5, 5.41) is 2.88. The van der Waals surface area contributed by atoms with Crippen molar-refractivity contribution in [2.75, 3.05) is 11.1 Å². The largest absolute Gasteiger partial charge is 0.397 e. The Balaban J connectivity index is 2.93. The van der Waals surface area contributed by atoms with Crippen LogP contribution in [0.3, 0.4) is 0 Å². The van der Waals surface area contributed by atoms with Gasteiger partial charge in [0.2, 0.25) is 5.91 Å². The summed E-state index contributed by atoms with van der Waals surface area (Å²) in [6, 6.07) is 3.78. The average molecular weight is 299 g/mol. The van der Waals surface area contributed by atoms with Gasteiger partial charge in [0.15, 0.2) is 0 Å². The van der Waals surface area contributed by atoms with Crippen molar-refractivity contribution in [2.45, 2.75) is 27.7 Å². The van der Waals surface area contributed by atoms with E-state index >= 15 is 0 Å². The minimum absolute atomic E-state index is 0.00347. The molecule has 0 aliphatic carbocycles. The molecule has 0 heterocycles. The van der Waals surface area contributed by atoms with E-state index in [-0.39, 0.29) is 11.8 Å². The predicted octanol–water partition coefficient (Wildman–Crippen LogP) is 3.57. The van der Waals surface area contributed by atoms with E-state index in [4.69, 9.17) is 5.73 Å². The third kappa shape index (κ3) is 3.46. The minimum atomic E-state index is -0.0393. The number of rotatable bonds is 3. The van der Waals surface area contributed by atoms with Gasteiger partial charge in [0, 0.05) is 10.4 Å². The summed E-state index contributed by atoms with van der Waals surface area (Å²) in [5.41, 5.74) is 8.21. The zero-order valence-corrected chi connectivity index (χ0v) is 12.3. The smallest absolute Gasteiger partial charge is 0.227 e. The maximum atomic E-state index is 12.0. The first-order valence-electron chi connectivity index (χ1n) is 5.69. The van der Waals surface area contributed by atoms with E-state index in [1.807, 2.05) is 39.8 Å². The van der Waals surface area contributed by atoms with E-state index in [0.717, 1.165) is 10.0 Å². The molecule has 0 aromatic heterocycles. The second-order valence-corrected chi connectivity index (χ2v) is 5.59. The maximum Gasteiger partial charge on any atom is 0.227 e. The zero-order valence-electron chi connectivity index (χ0n) is 10.7. The number of benzene rings is 1. The SMILES string of the molecule is Cc1cc(N)c(NC(=O)C(C)C(C)C)c(Br)c1. The molecule has 3 N–H and O–H groups in total. The highest BCUT2D eigenvalue weighted by molar-refractivity contribution is 9.10. The van der Waals surface area contributed by atoms with Crippen LogP contribution in [0, 0.1) is 18.8 Å². The van der Waals surface area contributed by atoms with Crippen molar-refractivity contribution in [1.29, 1.82) is 0 Å². The highest BCUT2D eigenvalue weighted by atomic mass is 79.9. The Hall–Kier alpha value is -1.03. The molecule has 0 saturated heterocycles. The molecule has 0 aliphatic heterocycles. The number of nitrogen functional groups attached to an aromatic ring is 1. The third-order valence-corrected chi connectivity index (χ3v) is 3.55. The topological polar surface area (TPSA) is 55.1 Å². The van der Waals surface area contributed by atoms with Gasteiger partial charge in [0.25, 0.3) is 0 Å². The Morgan fingerprint density at radius 2 is 1.94 bits per heavy atom. The van der Waals surface area contributed by atoms with Crippen LogP contribution < -0.4 is 11.1 Å². The molecule has 0 saturated carbocycles. The molecule has 0 spiro atoms. The zero-order chi connectivity index (χ0) is 13.2. The Bertz CT molecular complexity index is 406. The van der Waals surface area contributed by atoms with Crippen LogP contribution in [0.4, 0.5) is 11.4 Å². The van der Waals surface area contributed by atoms with Gasteiger partial charge in [-0.15, -0.1) is 0 Å². The van der Waals surface area contributed by atoms with Gasteiger partial charge in [-0.2, -0.15) is 0 Å². The summed E-state index contributed by atoms with van der Waals surface area (Å²) in [7, 11) is 0. The predicted molar refractivity (Wildman–Crippen MR) is 75.9 cm³/mol. The summed E-state index contributed by atoms with van der Waals surface area (Å²) in [6.45, 7) is 7.93. The summed E-state index contributed by atoms with van der Waals surface area (Å²) in [6.07, 6.45) is 0. The lowest BCUT2D eigenvalue weighted by atomic mass is 9.97. The molecule has 17 heavy (non-hydrogen) atoms. The second-order valence-electron chi connectivity index (χ2n) is 4.73. The van der Waals surface area contributed by atoms with Gasteiger partial charge < -0.3 is 11.1 Å². The lowest BCUT2D eigenvalue weighted by Gasteiger charge is -2.17. The first-order valence-corrected chi connectivity index (χ1v) is 6.48. The summed E-state index contributed by atoms with van der Waals surface area (Å²) in [4.78, 5) is 12.0. The van der Waals surface area contributed by atoms with Crippen LogP contribution in [-0.4, -0.2) is 5.91 Å². The first-order chi connectivity index (χ1) is 7.82. The molecule has 4 heteroatoms. The number of carbonyl (C=O) groups excluding carboxylic acids is 1. The van der Waals surface area contributed by atoms with E-state index in [1.54, 1.807) is 0 Å². The standard InChI is InChI=1S/C13H19BrN2O/c1-7(2)9(4)13(17)16-12-10(14)5-8(3)6-11(12)15/h5-7,9H,15H2,1-4H3,(H,16,17). The van der Waals surface area contributed by atoms with Gasteiger partial charge in [0.05, 0.1) is 11.4 Å². The third-order valence-electron chi connectivity index (χ3n) is 2.93. The number of halogens is 1. The summed E-state index contributed by atoms with van der Waals surface area (Å²) >= 11 is 3.42. The number of anilines is 2. The quantitative estimate of drug-likeness (QED) is 0.838. The molecule has 0 fully saturated rings. The highest BCUT2D eigenvalue weighted by Gasteiger charge is 2.18. The van der Waals surface area contributed by atoms with Crippen molar-refractivity contribution in [3.05, 3.63) is 22.2 Å². The number of hydrogen-bond donors (Lipinski definition) is 2. The summed E-state index contributed by atoms with van der Waals surface area (Å²) in [5.74, 6) is 0.263. The van der Waals surface area contributed by atoms with Crippen LogP contribution >= 0.6 is 15.9 Å². The van der Waals surface area contributed by atoms with Crippen molar-refractivity contribution < 1.29 is 4.79 Å². The fraction of sp³-hybridized carbons (Fsp3) is 0.462. The van der Waals surface area contributed by atoms with Gasteiger partial charge in [-0.25, -0.2) is 0 Å². The highest BCUT2D eigenvalue weighted by Crippen LogP contribution is 2.30. The molecule has 1 amide bonds. The molecule has 0 aliphatic rings. The Morgan fingerprint density at radius 3 is 2.41 bits per heavy atom. The number of nitrogens with two attached hydrogens (primary N) is 1. The average Bonchev–Trinajstić information content (AvgIpc) is 2.21. The number of aryl methyl sites for hydroxylation is 1. The van der Waals surface area contributed by atoms with E-state index in [9.17, 15) is 4.79 Å². The monoisotopic (exact) mass is 298 g/mol. The number of nitrogens with one attached hydrogen (secondary N) is 1. The number of amides is 1. The maximum absolute atomic E-state index is 12.0. The van der Waals surface area contributed by atoms with Crippen molar-refractivity contribution in [1.82, 2.24) is 0 Å². The molecule has 3 nitrogen and oxygen atoms in total. The fourth-order valence-corrected chi connectivity index (χ4v) is 2.13. The van der Waals surface area contributed by atoms with Crippen molar-refractivity contribution in [3.63, 3.8) is 0 Å². The van der Waals surface area contributed by atoms with Crippen LogP contribution in [0.5, 0.6) is 0 Å². The second kappa shape index (κ2) is 5.54. The van der Waals surface area contributed by atoms with Gasteiger partial charge in [0.1, 0.15) is 0 Å². The molecular weight excluding hydrogens is 280 g/mol. The lowest BCUT2D eigenvalue weighted by molar-refractivity contribution is -0.120. The minimum Gasteiger partial charge on any atom is -0.397 e. The summed E-state index contributed by atoms with van der Waals surface area (Å²) < 4.78 is 0.819.